The van der Waals surface area contributed by atoms with Crippen molar-refractivity contribution in [1.29, 1.82) is 0 Å². The number of anilines is 1. The van der Waals surface area contributed by atoms with Crippen LogP contribution in [0.1, 0.15) is 37.8 Å². The van der Waals surface area contributed by atoms with Gasteiger partial charge in [0.25, 0.3) is 5.22 Å². The molecule has 0 fully saturated rings. The lowest BCUT2D eigenvalue weighted by Gasteiger charge is -2.24. The number of benzene rings is 2. The second kappa shape index (κ2) is 8.11. The minimum atomic E-state index is -0.324. The molecule has 0 bridgehead atoms. The van der Waals surface area contributed by atoms with E-state index in [-0.39, 0.29) is 16.4 Å². The smallest absolute Gasteiger partial charge is 0.277 e. The minimum absolute atomic E-state index is 0.0329. The second-order valence-electron chi connectivity index (χ2n) is 8.02. The number of carbonyl (C=O) groups is 1. The number of carbonyl (C=O) groups excluding carboxylic acids is 1. The van der Waals surface area contributed by atoms with Crippen LogP contribution in [0, 0.1) is 0 Å². The summed E-state index contributed by atoms with van der Waals surface area (Å²) in [6.45, 7) is 6.18. The molecule has 2 heterocycles. The maximum Gasteiger partial charge on any atom is 0.277 e. The second-order valence-corrected chi connectivity index (χ2v) is 9.31. The molecule has 5 nitrogen and oxygen atoms in total. The third-order valence-electron chi connectivity index (χ3n) is 5.54. The molecule has 1 atom stereocenters. The summed E-state index contributed by atoms with van der Waals surface area (Å²) >= 11 is 1.30. The van der Waals surface area contributed by atoms with Crippen molar-refractivity contribution < 1.29 is 9.21 Å². The molecule has 0 aliphatic carbocycles. The number of nitrogens with zero attached hydrogens (tertiary/aromatic N) is 3. The first kappa shape index (κ1) is 20.4. The van der Waals surface area contributed by atoms with Gasteiger partial charge >= 0.3 is 0 Å². The van der Waals surface area contributed by atoms with Crippen LogP contribution in [0.2, 0.25) is 0 Å². The lowest BCUT2D eigenvalue weighted by molar-refractivity contribution is -0.114. The Hall–Kier alpha value is -2.86. The number of hydrogen-bond donors (Lipinski definition) is 0. The third-order valence-corrected chi connectivity index (χ3v) is 6.50. The maximum absolute atomic E-state index is 13.0. The highest BCUT2D eigenvalue weighted by molar-refractivity contribution is 8.00. The van der Waals surface area contributed by atoms with Crippen LogP contribution in [0.25, 0.3) is 0 Å². The molecule has 154 valence electrons. The van der Waals surface area contributed by atoms with Crippen molar-refractivity contribution in [3.8, 4) is 0 Å². The molecular formula is C24H25N3O2S. The van der Waals surface area contributed by atoms with Gasteiger partial charge in [-0.05, 0) is 24.1 Å². The first-order valence-corrected chi connectivity index (χ1v) is 10.9. The summed E-state index contributed by atoms with van der Waals surface area (Å²) in [6, 6.07) is 18.3. The van der Waals surface area contributed by atoms with E-state index in [2.05, 4.69) is 41.1 Å². The van der Waals surface area contributed by atoms with Crippen LogP contribution >= 0.6 is 11.8 Å². The fourth-order valence-electron chi connectivity index (χ4n) is 3.85. The summed E-state index contributed by atoms with van der Waals surface area (Å²) in [5.41, 5.74) is 4.26. The standard InChI is InChI=1S/C24H25N3O2S/c1-16(30-23-26-25-22(29-23)14-17-10-6-5-7-11-17)20(28)15-21-24(2,3)18-12-8-9-13-19(18)27(21)4/h5-13,15-16H,14H2,1-4H3. The van der Waals surface area contributed by atoms with Gasteiger partial charge in [-0.3, -0.25) is 4.79 Å². The number of para-hydroxylation sites is 1. The van der Waals surface area contributed by atoms with E-state index in [0.717, 1.165) is 16.9 Å². The van der Waals surface area contributed by atoms with E-state index in [1.165, 1.54) is 17.3 Å². The first-order chi connectivity index (χ1) is 14.4. The summed E-state index contributed by atoms with van der Waals surface area (Å²) < 4.78 is 5.75. The van der Waals surface area contributed by atoms with Gasteiger partial charge in [0.05, 0.1) is 11.7 Å². The summed E-state index contributed by atoms with van der Waals surface area (Å²) in [5, 5.41) is 8.32. The van der Waals surface area contributed by atoms with Crippen LogP contribution in [-0.2, 0) is 16.6 Å². The third kappa shape index (κ3) is 3.92. The largest absolute Gasteiger partial charge is 0.416 e. The molecule has 1 aromatic heterocycles. The monoisotopic (exact) mass is 419 g/mol. The van der Waals surface area contributed by atoms with Gasteiger partial charge in [0.15, 0.2) is 5.78 Å². The Labute approximate surface area is 181 Å². The van der Waals surface area contributed by atoms with Crippen molar-refractivity contribution in [3.05, 3.63) is 83.4 Å². The van der Waals surface area contributed by atoms with Crippen molar-refractivity contribution in [2.75, 3.05) is 11.9 Å². The Bertz CT molecular complexity index is 1090. The van der Waals surface area contributed by atoms with Crippen molar-refractivity contribution >= 4 is 23.2 Å². The van der Waals surface area contributed by atoms with Gasteiger partial charge in [0.1, 0.15) is 0 Å². The normalized spacial score (nSPS) is 17.2. The van der Waals surface area contributed by atoms with Gasteiger partial charge < -0.3 is 9.32 Å². The van der Waals surface area contributed by atoms with Gasteiger partial charge in [0, 0.05) is 29.9 Å². The quantitative estimate of drug-likeness (QED) is 0.413. The van der Waals surface area contributed by atoms with E-state index >= 15 is 0 Å². The highest BCUT2D eigenvalue weighted by Gasteiger charge is 2.38. The summed E-state index contributed by atoms with van der Waals surface area (Å²) in [4.78, 5) is 15.1. The molecule has 0 saturated heterocycles. The zero-order valence-electron chi connectivity index (χ0n) is 17.6. The summed E-state index contributed by atoms with van der Waals surface area (Å²) in [7, 11) is 2.01. The molecule has 2 aromatic carbocycles. The van der Waals surface area contributed by atoms with Crippen molar-refractivity contribution in [1.82, 2.24) is 10.2 Å². The van der Waals surface area contributed by atoms with Gasteiger partial charge in [-0.25, -0.2) is 0 Å². The number of thioether (sulfide) groups is 1. The number of likely N-dealkylation sites (N-methyl/N-ethyl adjacent to an activating group) is 1. The topological polar surface area (TPSA) is 59.2 Å². The van der Waals surface area contributed by atoms with Gasteiger partial charge in [0.2, 0.25) is 5.89 Å². The van der Waals surface area contributed by atoms with Crippen molar-refractivity contribution in [2.45, 2.75) is 43.1 Å². The Morgan fingerprint density at radius 1 is 1.13 bits per heavy atom. The molecule has 30 heavy (non-hydrogen) atoms. The molecular weight excluding hydrogens is 394 g/mol. The highest BCUT2D eigenvalue weighted by atomic mass is 32.2. The summed E-state index contributed by atoms with van der Waals surface area (Å²) in [5.74, 6) is 0.583. The van der Waals surface area contributed by atoms with Crippen LogP contribution in [0.15, 0.2) is 76.0 Å². The molecule has 6 heteroatoms. The zero-order valence-corrected chi connectivity index (χ0v) is 18.4. The molecule has 3 aromatic rings. The van der Waals surface area contributed by atoms with Gasteiger partial charge in [-0.2, -0.15) is 0 Å². The fourth-order valence-corrected chi connectivity index (χ4v) is 4.57. The Morgan fingerprint density at radius 2 is 1.83 bits per heavy atom. The van der Waals surface area contributed by atoms with E-state index < -0.39 is 0 Å². The molecule has 0 radical (unpaired) electrons. The number of rotatable bonds is 6. The SMILES string of the molecule is CC(Sc1nnc(Cc2ccccc2)o1)C(=O)C=C1N(C)c2ccccc2C1(C)C. The van der Waals surface area contributed by atoms with Crippen molar-refractivity contribution in [2.24, 2.45) is 0 Å². The van der Waals surface area contributed by atoms with E-state index in [4.69, 9.17) is 4.42 Å². The molecule has 1 aliphatic heterocycles. The van der Waals surface area contributed by atoms with E-state index in [1.54, 1.807) is 6.08 Å². The lowest BCUT2D eigenvalue weighted by Crippen LogP contribution is -2.25. The minimum Gasteiger partial charge on any atom is -0.416 e. The summed E-state index contributed by atoms with van der Waals surface area (Å²) in [6.07, 6.45) is 2.34. The van der Waals surface area contributed by atoms with Crippen LogP contribution < -0.4 is 4.90 Å². The molecule has 1 aliphatic rings. The number of fused-ring (bicyclic) bond motifs is 1. The van der Waals surface area contributed by atoms with Crippen LogP contribution in [0.4, 0.5) is 5.69 Å². The molecule has 0 amide bonds. The lowest BCUT2D eigenvalue weighted by atomic mass is 9.83. The molecule has 4 rings (SSSR count). The van der Waals surface area contributed by atoms with Crippen LogP contribution in [0.5, 0.6) is 0 Å². The Balaban J connectivity index is 1.46. The van der Waals surface area contributed by atoms with Gasteiger partial charge in [-0.15, -0.1) is 10.2 Å². The van der Waals surface area contributed by atoms with Gasteiger partial charge in [-0.1, -0.05) is 74.1 Å². The zero-order chi connectivity index (χ0) is 21.3. The maximum atomic E-state index is 13.0. The number of hydrogen-bond acceptors (Lipinski definition) is 6. The molecule has 0 N–H and O–H groups in total. The predicted molar refractivity (Wildman–Crippen MR) is 120 cm³/mol. The van der Waals surface area contributed by atoms with E-state index in [1.807, 2.05) is 56.4 Å². The Kier molecular flexibility index (Phi) is 5.52. The Morgan fingerprint density at radius 3 is 2.57 bits per heavy atom. The highest BCUT2D eigenvalue weighted by Crippen LogP contribution is 2.46. The molecule has 0 saturated carbocycles. The fraction of sp³-hybridized carbons (Fsp3) is 0.292. The number of aromatic nitrogens is 2. The van der Waals surface area contributed by atoms with Crippen LogP contribution in [-0.4, -0.2) is 28.3 Å². The first-order valence-electron chi connectivity index (χ1n) is 9.98. The number of ketones is 1. The van der Waals surface area contributed by atoms with E-state index in [0.29, 0.717) is 17.5 Å². The number of allylic oxidation sites excluding steroid dienone is 2. The average Bonchev–Trinajstić information content (AvgIpc) is 3.25. The van der Waals surface area contributed by atoms with Crippen LogP contribution in [0.3, 0.4) is 0 Å². The van der Waals surface area contributed by atoms with E-state index in [9.17, 15) is 4.79 Å². The molecule has 1 unspecified atom stereocenters. The average molecular weight is 420 g/mol. The predicted octanol–water partition coefficient (Wildman–Crippen LogP) is 5.02. The van der Waals surface area contributed by atoms with Crippen molar-refractivity contribution in [3.63, 3.8) is 0 Å². The molecule has 0 spiro atoms.